The summed E-state index contributed by atoms with van der Waals surface area (Å²) in [4.78, 5) is 15.8. The lowest BCUT2D eigenvalue weighted by Gasteiger charge is -2.20. The Kier molecular flexibility index (Phi) is 4.86. The highest BCUT2D eigenvalue weighted by Crippen LogP contribution is 2.18. The zero-order chi connectivity index (χ0) is 17.1. The number of likely N-dealkylation sites (N-methyl/N-ethyl adjacent to an activating group) is 1. The van der Waals surface area contributed by atoms with Gasteiger partial charge in [0.15, 0.2) is 5.75 Å². The number of rotatable bonds is 6. The van der Waals surface area contributed by atoms with Crippen LogP contribution in [0.4, 0.5) is 0 Å². The smallest absolute Gasteiger partial charge is 0.236 e. The number of hydrogen-bond donors (Lipinski definition) is 1. The topological polar surface area (TPSA) is 84.0 Å². The van der Waals surface area contributed by atoms with Gasteiger partial charge >= 0.3 is 0 Å². The highest BCUT2D eigenvalue weighted by atomic mass is 16.5. The number of furan rings is 1. The summed E-state index contributed by atoms with van der Waals surface area (Å²) in [5, 5.41) is 14.2. The van der Waals surface area contributed by atoms with E-state index >= 15 is 0 Å². The normalized spacial score (nSPS) is 21.1. The lowest BCUT2D eigenvalue weighted by Crippen LogP contribution is -2.37. The van der Waals surface area contributed by atoms with Gasteiger partial charge in [0.1, 0.15) is 18.0 Å². The van der Waals surface area contributed by atoms with Crippen molar-refractivity contribution >= 4 is 5.91 Å². The third-order valence-corrected chi connectivity index (χ3v) is 4.04. The number of nitrogens with zero attached hydrogens (tertiary/aromatic N) is 4. The highest BCUT2D eigenvalue weighted by molar-refractivity contribution is 5.78. The van der Waals surface area contributed by atoms with Crippen LogP contribution in [0.15, 0.2) is 35.2 Å². The van der Waals surface area contributed by atoms with Crippen LogP contribution < -0.4 is 4.74 Å². The molecule has 1 amide bonds. The van der Waals surface area contributed by atoms with Gasteiger partial charge in [-0.1, -0.05) is 0 Å². The number of carbonyl (C=O) groups is 1. The Hall–Kier alpha value is -2.32. The van der Waals surface area contributed by atoms with Crippen LogP contribution in [0.3, 0.4) is 0 Å². The molecule has 1 saturated heterocycles. The number of ether oxygens (including phenoxy) is 1. The van der Waals surface area contributed by atoms with Crippen molar-refractivity contribution in [3.8, 4) is 5.75 Å². The van der Waals surface area contributed by atoms with Gasteiger partial charge < -0.3 is 19.2 Å². The molecule has 130 valence electrons. The second-order valence-electron chi connectivity index (χ2n) is 6.10. The SMILES string of the molecule is CN(Cc1ccco1)C(=O)CN1C[C@@H](O)[C@H](Oc2cnn(C)c2)C1. The molecule has 1 aliphatic heterocycles. The molecule has 2 aromatic rings. The zero-order valence-electron chi connectivity index (χ0n) is 13.8. The first-order valence-corrected chi connectivity index (χ1v) is 7.83. The molecule has 1 N–H and O–H groups in total. The fourth-order valence-corrected chi connectivity index (χ4v) is 2.75. The summed E-state index contributed by atoms with van der Waals surface area (Å²) in [6, 6.07) is 3.63. The third-order valence-electron chi connectivity index (χ3n) is 4.04. The Balaban J connectivity index is 1.50. The van der Waals surface area contributed by atoms with E-state index in [1.54, 1.807) is 48.4 Å². The van der Waals surface area contributed by atoms with Crippen LogP contribution in [0.1, 0.15) is 5.76 Å². The average molecular weight is 334 g/mol. The van der Waals surface area contributed by atoms with Gasteiger partial charge in [-0.25, -0.2) is 0 Å². The maximum Gasteiger partial charge on any atom is 0.236 e. The summed E-state index contributed by atoms with van der Waals surface area (Å²) < 4.78 is 12.6. The van der Waals surface area contributed by atoms with Crippen molar-refractivity contribution in [3.63, 3.8) is 0 Å². The Morgan fingerprint density at radius 3 is 3.04 bits per heavy atom. The van der Waals surface area contributed by atoms with Crippen LogP contribution in [0.25, 0.3) is 0 Å². The second-order valence-corrected chi connectivity index (χ2v) is 6.10. The predicted molar refractivity (Wildman–Crippen MR) is 85.3 cm³/mol. The summed E-state index contributed by atoms with van der Waals surface area (Å²) >= 11 is 0. The quantitative estimate of drug-likeness (QED) is 0.806. The summed E-state index contributed by atoms with van der Waals surface area (Å²) in [7, 11) is 3.54. The van der Waals surface area contributed by atoms with Crippen LogP contribution in [-0.2, 0) is 18.4 Å². The summed E-state index contributed by atoms with van der Waals surface area (Å²) in [6.45, 7) is 1.57. The van der Waals surface area contributed by atoms with E-state index in [9.17, 15) is 9.90 Å². The monoisotopic (exact) mass is 334 g/mol. The van der Waals surface area contributed by atoms with E-state index in [1.807, 2.05) is 11.0 Å². The van der Waals surface area contributed by atoms with Gasteiger partial charge in [-0.2, -0.15) is 5.10 Å². The van der Waals surface area contributed by atoms with Crippen molar-refractivity contribution in [2.45, 2.75) is 18.8 Å². The van der Waals surface area contributed by atoms with Gasteiger partial charge in [0.05, 0.1) is 31.7 Å². The Bertz CT molecular complexity index is 669. The lowest BCUT2D eigenvalue weighted by atomic mass is 10.3. The van der Waals surface area contributed by atoms with E-state index in [0.29, 0.717) is 25.4 Å². The van der Waals surface area contributed by atoms with Gasteiger partial charge in [-0.3, -0.25) is 14.4 Å². The van der Waals surface area contributed by atoms with Gasteiger partial charge in [-0.05, 0) is 12.1 Å². The summed E-state index contributed by atoms with van der Waals surface area (Å²) in [5.74, 6) is 1.33. The van der Waals surface area contributed by atoms with Crippen LogP contribution in [0.2, 0.25) is 0 Å². The number of likely N-dealkylation sites (tertiary alicyclic amines) is 1. The van der Waals surface area contributed by atoms with Crippen LogP contribution in [0.5, 0.6) is 5.75 Å². The molecule has 3 rings (SSSR count). The first-order valence-electron chi connectivity index (χ1n) is 7.83. The van der Waals surface area contributed by atoms with Crippen molar-refractivity contribution in [1.82, 2.24) is 19.6 Å². The molecule has 1 aliphatic rings. The maximum absolute atomic E-state index is 12.3. The Morgan fingerprint density at radius 2 is 2.38 bits per heavy atom. The van der Waals surface area contributed by atoms with Crippen molar-refractivity contribution in [3.05, 3.63) is 36.5 Å². The van der Waals surface area contributed by atoms with Crippen molar-refractivity contribution in [1.29, 1.82) is 0 Å². The number of aliphatic hydroxyl groups is 1. The minimum Gasteiger partial charge on any atom is -0.483 e. The predicted octanol–water partition coefficient (Wildman–Crippen LogP) is 0.0956. The van der Waals surface area contributed by atoms with Crippen LogP contribution in [0, 0.1) is 0 Å². The molecule has 0 saturated carbocycles. The zero-order valence-corrected chi connectivity index (χ0v) is 13.8. The fraction of sp³-hybridized carbons (Fsp3) is 0.500. The van der Waals surface area contributed by atoms with Gasteiger partial charge in [0, 0.05) is 27.2 Å². The molecule has 0 radical (unpaired) electrons. The fourth-order valence-electron chi connectivity index (χ4n) is 2.75. The van der Waals surface area contributed by atoms with Crippen molar-refractivity contribution < 1.29 is 19.1 Å². The van der Waals surface area contributed by atoms with Gasteiger partial charge in [-0.15, -0.1) is 0 Å². The van der Waals surface area contributed by atoms with E-state index in [4.69, 9.17) is 9.15 Å². The molecular formula is C16H22N4O4. The third kappa shape index (κ3) is 3.95. The van der Waals surface area contributed by atoms with Gasteiger partial charge in [0.2, 0.25) is 5.91 Å². The first kappa shape index (κ1) is 16.5. The van der Waals surface area contributed by atoms with E-state index in [0.717, 1.165) is 5.76 Å². The molecule has 0 aliphatic carbocycles. The molecule has 3 heterocycles. The highest BCUT2D eigenvalue weighted by Gasteiger charge is 2.34. The van der Waals surface area contributed by atoms with E-state index in [2.05, 4.69) is 5.10 Å². The van der Waals surface area contributed by atoms with E-state index < -0.39 is 6.10 Å². The van der Waals surface area contributed by atoms with Crippen LogP contribution in [-0.4, -0.2) is 69.5 Å². The standard InChI is InChI=1S/C16H22N4O4/c1-18(7-12-4-3-5-23-12)16(22)11-20-9-14(21)15(10-20)24-13-6-17-19(2)8-13/h3-6,8,14-15,21H,7,9-11H2,1-2H3/t14-,15-/m1/s1. The molecule has 0 spiro atoms. The largest absolute Gasteiger partial charge is 0.483 e. The lowest BCUT2D eigenvalue weighted by molar-refractivity contribution is -0.131. The number of amides is 1. The van der Waals surface area contributed by atoms with Gasteiger partial charge in [0.25, 0.3) is 0 Å². The van der Waals surface area contributed by atoms with Crippen molar-refractivity contribution in [2.24, 2.45) is 7.05 Å². The Morgan fingerprint density at radius 1 is 1.54 bits per heavy atom. The number of β-amino-alcohol motifs (C(OH)–C–C–N with tert-alkyl or cyclic N) is 1. The molecule has 8 nitrogen and oxygen atoms in total. The molecule has 0 bridgehead atoms. The molecule has 8 heteroatoms. The molecular weight excluding hydrogens is 312 g/mol. The first-order chi connectivity index (χ1) is 11.5. The summed E-state index contributed by atoms with van der Waals surface area (Å²) in [5.41, 5.74) is 0. The number of carbonyl (C=O) groups excluding carboxylic acids is 1. The molecule has 2 atom stereocenters. The average Bonchev–Trinajstić information content (AvgIpc) is 3.24. The number of aromatic nitrogens is 2. The van der Waals surface area contributed by atoms with E-state index in [1.165, 1.54) is 0 Å². The minimum absolute atomic E-state index is 0.0272. The molecule has 24 heavy (non-hydrogen) atoms. The number of hydrogen-bond acceptors (Lipinski definition) is 6. The number of aliphatic hydroxyl groups excluding tert-OH is 1. The molecule has 1 fully saturated rings. The summed E-state index contributed by atoms with van der Waals surface area (Å²) in [6.07, 6.45) is 3.95. The molecule has 2 aromatic heterocycles. The maximum atomic E-state index is 12.3. The number of aryl methyl sites for hydroxylation is 1. The molecule has 0 unspecified atom stereocenters. The van der Waals surface area contributed by atoms with E-state index in [-0.39, 0.29) is 18.6 Å². The van der Waals surface area contributed by atoms with Crippen LogP contribution >= 0.6 is 0 Å². The minimum atomic E-state index is -0.631. The molecule has 0 aromatic carbocycles. The second kappa shape index (κ2) is 7.06. The Labute approximate surface area is 140 Å². The van der Waals surface area contributed by atoms with Crippen molar-refractivity contribution in [2.75, 3.05) is 26.7 Å².